The Kier molecular flexibility index (Phi) is 4.50. The number of imide groups is 1. The van der Waals surface area contributed by atoms with E-state index in [1.807, 2.05) is 6.07 Å². The molecule has 0 aromatic heterocycles. The smallest absolute Gasteiger partial charge is 0.332 e. The molecule has 0 radical (unpaired) electrons. The Hall–Kier alpha value is -3.35. The van der Waals surface area contributed by atoms with E-state index in [9.17, 15) is 14.4 Å². The Morgan fingerprint density at radius 2 is 1.52 bits per heavy atom. The Bertz CT molecular complexity index is 1080. The van der Waals surface area contributed by atoms with Gasteiger partial charge in [-0.25, -0.2) is 0 Å². The van der Waals surface area contributed by atoms with Crippen LogP contribution in [0.4, 0.5) is 14.5 Å². The van der Waals surface area contributed by atoms with Gasteiger partial charge in [-0.15, -0.1) is 0 Å². The maximum absolute atomic E-state index is 15.1. The van der Waals surface area contributed by atoms with E-state index in [4.69, 9.17) is 0 Å². The lowest BCUT2D eigenvalue weighted by atomic mass is 9.69. The second-order valence-electron chi connectivity index (χ2n) is 8.23. The molecule has 2 aromatic carbocycles. The normalized spacial score (nSPS) is 27.1. The van der Waals surface area contributed by atoms with Crippen molar-refractivity contribution < 1.29 is 23.2 Å². The zero-order valence-corrected chi connectivity index (χ0v) is 16.6. The first-order valence-corrected chi connectivity index (χ1v) is 10.2. The van der Waals surface area contributed by atoms with Crippen molar-refractivity contribution >= 4 is 23.4 Å². The van der Waals surface area contributed by atoms with Crippen LogP contribution in [0.25, 0.3) is 0 Å². The number of para-hydroxylation sites is 1. The van der Waals surface area contributed by atoms with E-state index in [0.717, 1.165) is 15.4 Å². The average molecular weight is 422 g/mol. The van der Waals surface area contributed by atoms with E-state index < -0.39 is 35.5 Å². The highest BCUT2D eigenvalue weighted by Crippen LogP contribution is 2.50. The van der Waals surface area contributed by atoms with Gasteiger partial charge >= 0.3 is 5.92 Å². The number of halogens is 2. The van der Waals surface area contributed by atoms with E-state index in [-0.39, 0.29) is 31.0 Å². The monoisotopic (exact) mass is 422 g/mol. The van der Waals surface area contributed by atoms with Gasteiger partial charge in [0.15, 0.2) is 0 Å². The van der Waals surface area contributed by atoms with Crippen molar-refractivity contribution in [3.63, 3.8) is 0 Å². The molecule has 1 aliphatic carbocycles. The number of fused-ring (bicyclic) bond motifs is 3. The van der Waals surface area contributed by atoms with Crippen molar-refractivity contribution in [2.75, 3.05) is 11.4 Å². The summed E-state index contributed by atoms with van der Waals surface area (Å²) in [5, 5.41) is 0. The summed E-state index contributed by atoms with van der Waals surface area (Å²) < 4.78 is 30.2. The minimum Gasteiger partial charge on any atom is -0.332 e. The molecule has 0 saturated carbocycles. The fourth-order valence-corrected chi connectivity index (χ4v) is 5.03. The number of rotatable bonds is 3. The lowest BCUT2D eigenvalue weighted by molar-refractivity contribution is -0.161. The van der Waals surface area contributed by atoms with E-state index in [1.165, 1.54) is 6.08 Å². The molecule has 5 rings (SSSR count). The predicted octanol–water partition coefficient (Wildman–Crippen LogP) is 3.42. The van der Waals surface area contributed by atoms with Gasteiger partial charge in [0.1, 0.15) is 0 Å². The number of allylic oxidation sites excluding steroid dienone is 1. The summed E-state index contributed by atoms with van der Waals surface area (Å²) >= 11 is 0. The largest absolute Gasteiger partial charge is 0.346 e. The van der Waals surface area contributed by atoms with E-state index in [0.29, 0.717) is 5.69 Å². The Morgan fingerprint density at radius 1 is 0.871 bits per heavy atom. The molecule has 0 bridgehead atoms. The fourth-order valence-electron chi connectivity index (χ4n) is 5.03. The summed E-state index contributed by atoms with van der Waals surface area (Å²) in [6.45, 7) is 0.0128. The molecular weight excluding hydrogens is 402 g/mol. The number of carbonyl (C=O) groups excluding carboxylic acids is 3. The summed E-state index contributed by atoms with van der Waals surface area (Å²) in [5.74, 6) is -8.26. The molecule has 3 atom stereocenters. The number of alkyl halides is 2. The number of hydrogen-bond donors (Lipinski definition) is 0. The quantitative estimate of drug-likeness (QED) is 0.563. The van der Waals surface area contributed by atoms with Crippen molar-refractivity contribution in [1.29, 1.82) is 0 Å². The first-order chi connectivity index (χ1) is 14.9. The highest BCUT2D eigenvalue weighted by atomic mass is 19.3. The van der Waals surface area contributed by atoms with Crippen LogP contribution in [0.2, 0.25) is 0 Å². The van der Waals surface area contributed by atoms with Crippen LogP contribution in [0.5, 0.6) is 0 Å². The average Bonchev–Trinajstić information content (AvgIpc) is 3.03. The number of amides is 3. The van der Waals surface area contributed by atoms with Crippen LogP contribution in [0.1, 0.15) is 12.0 Å². The van der Waals surface area contributed by atoms with Crippen LogP contribution in [0, 0.1) is 17.8 Å². The van der Waals surface area contributed by atoms with Crippen molar-refractivity contribution in [3.05, 3.63) is 77.9 Å². The third-order valence-electron chi connectivity index (χ3n) is 6.47. The molecular formula is C24H20F2N2O3. The molecule has 31 heavy (non-hydrogen) atoms. The summed E-state index contributed by atoms with van der Waals surface area (Å²) in [6, 6.07) is 17.4. The Morgan fingerprint density at radius 3 is 2.19 bits per heavy atom. The van der Waals surface area contributed by atoms with Crippen LogP contribution in [0.3, 0.4) is 0 Å². The van der Waals surface area contributed by atoms with Gasteiger partial charge in [0.05, 0.1) is 17.5 Å². The summed E-state index contributed by atoms with van der Waals surface area (Å²) in [4.78, 5) is 41.2. The molecule has 0 N–H and O–H groups in total. The zero-order chi connectivity index (χ0) is 21.8. The molecule has 2 saturated heterocycles. The maximum Gasteiger partial charge on any atom is 0.346 e. The van der Waals surface area contributed by atoms with Crippen LogP contribution in [0.15, 0.2) is 72.3 Å². The maximum atomic E-state index is 15.1. The fraction of sp³-hybridized carbons (Fsp3) is 0.292. The Balaban J connectivity index is 1.50. The highest BCUT2D eigenvalue weighted by molar-refractivity contribution is 6.22. The van der Waals surface area contributed by atoms with Gasteiger partial charge in [0.25, 0.3) is 5.91 Å². The standard InChI is InChI=1S/C24H20F2N2O3/c25-24(26)19-12-11-17-20(22(30)28(21(17)29)16-9-5-2-6-10-16)18(19)14-27(23(24)31)13-15-7-3-1-4-8-15/h1-10,12,17-18,20H,11,13-14H2/t17-,18+,20-/m1/s1. The second kappa shape index (κ2) is 7.11. The summed E-state index contributed by atoms with van der Waals surface area (Å²) in [6.07, 6.45) is 1.34. The number of nitrogens with zero attached hydrogens (tertiary/aromatic N) is 2. The lowest BCUT2D eigenvalue weighted by Gasteiger charge is -2.43. The van der Waals surface area contributed by atoms with Gasteiger partial charge in [0, 0.05) is 24.6 Å². The van der Waals surface area contributed by atoms with E-state index in [1.54, 1.807) is 54.6 Å². The first-order valence-electron chi connectivity index (χ1n) is 10.2. The topological polar surface area (TPSA) is 57.7 Å². The zero-order valence-electron chi connectivity index (χ0n) is 16.6. The molecule has 0 unspecified atom stereocenters. The number of likely N-dealkylation sites (tertiary alicyclic amines) is 1. The van der Waals surface area contributed by atoms with Crippen LogP contribution in [-0.4, -0.2) is 35.1 Å². The van der Waals surface area contributed by atoms with Gasteiger partial charge < -0.3 is 4.90 Å². The number of anilines is 1. The van der Waals surface area contributed by atoms with Gasteiger partial charge in [-0.2, -0.15) is 8.78 Å². The van der Waals surface area contributed by atoms with Gasteiger partial charge in [-0.05, 0) is 24.1 Å². The summed E-state index contributed by atoms with van der Waals surface area (Å²) in [5.41, 5.74) is 0.846. The van der Waals surface area contributed by atoms with Crippen LogP contribution >= 0.6 is 0 Å². The summed E-state index contributed by atoms with van der Waals surface area (Å²) in [7, 11) is 0. The van der Waals surface area contributed by atoms with Gasteiger partial charge in [-0.1, -0.05) is 54.6 Å². The predicted molar refractivity (Wildman–Crippen MR) is 109 cm³/mol. The molecule has 2 heterocycles. The molecule has 2 fully saturated rings. The third-order valence-corrected chi connectivity index (χ3v) is 6.47. The van der Waals surface area contributed by atoms with E-state index >= 15 is 8.78 Å². The number of piperidine rings is 1. The van der Waals surface area contributed by atoms with Crippen molar-refractivity contribution in [2.45, 2.75) is 18.9 Å². The number of carbonyl (C=O) groups is 3. The first kappa shape index (κ1) is 19.6. The SMILES string of the molecule is O=C1[C@@H]2[C@@H](CC=C3[C@@H]2CN(Cc2ccccc2)C(=O)C3(F)F)C(=O)N1c1ccccc1. The minimum atomic E-state index is -3.69. The molecule has 2 aromatic rings. The number of benzene rings is 2. The van der Waals surface area contributed by atoms with Gasteiger partial charge in [0.2, 0.25) is 11.8 Å². The highest BCUT2D eigenvalue weighted by Gasteiger charge is 2.61. The second-order valence-corrected chi connectivity index (χ2v) is 8.23. The Labute approximate surface area is 177 Å². The van der Waals surface area contributed by atoms with Crippen LogP contribution < -0.4 is 4.90 Å². The van der Waals surface area contributed by atoms with Crippen LogP contribution in [-0.2, 0) is 20.9 Å². The van der Waals surface area contributed by atoms with Crippen molar-refractivity contribution in [2.24, 2.45) is 17.8 Å². The van der Waals surface area contributed by atoms with E-state index in [2.05, 4.69) is 0 Å². The molecule has 7 heteroatoms. The number of hydrogen-bond acceptors (Lipinski definition) is 3. The third kappa shape index (κ3) is 2.99. The minimum absolute atomic E-state index is 0.0159. The van der Waals surface area contributed by atoms with Gasteiger partial charge in [-0.3, -0.25) is 19.3 Å². The van der Waals surface area contributed by atoms with Crippen molar-refractivity contribution in [1.82, 2.24) is 4.90 Å². The molecule has 2 aliphatic heterocycles. The molecule has 3 aliphatic rings. The lowest BCUT2D eigenvalue weighted by Crippen LogP contribution is -2.56. The molecule has 3 amide bonds. The van der Waals surface area contributed by atoms with Crippen molar-refractivity contribution in [3.8, 4) is 0 Å². The molecule has 0 spiro atoms. The molecule has 158 valence electrons. The molecule has 5 nitrogen and oxygen atoms in total.